The van der Waals surface area contributed by atoms with E-state index in [4.69, 9.17) is 9.47 Å². The maximum Gasteiger partial charge on any atom is 0.310 e. The van der Waals surface area contributed by atoms with E-state index in [0.29, 0.717) is 17.7 Å². The van der Waals surface area contributed by atoms with Crippen molar-refractivity contribution in [3.05, 3.63) is 69.3 Å². The van der Waals surface area contributed by atoms with E-state index in [2.05, 4.69) is 0 Å². The van der Waals surface area contributed by atoms with Crippen LogP contribution in [0.1, 0.15) is 21.5 Å². The molecule has 1 atom stereocenters. The van der Waals surface area contributed by atoms with E-state index >= 15 is 0 Å². The number of nitro benzene ring substituents is 1. The van der Waals surface area contributed by atoms with Crippen molar-refractivity contribution in [1.29, 1.82) is 0 Å². The predicted molar refractivity (Wildman–Crippen MR) is 82.9 cm³/mol. The van der Waals surface area contributed by atoms with Gasteiger partial charge in [0.25, 0.3) is 0 Å². The summed E-state index contributed by atoms with van der Waals surface area (Å²) in [5.41, 5.74) is 1.70. The maximum atomic E-state index is 12.5. The van der Waals surface area contributed by atoms with E-state index in [1.807, 2.05) is 13.0 Å². The third-order valence-electron chi connectivity index (χ3n) is 3.53. The zero-order valence-electron chi connectivity index (χ0n) is 12.5. The average molecular weight is 313 g/mol. The quantitative estimate of drug-likeness (QED) is 0.354. The Morgan fingerprint density at radius 2 is 2.04 bits per heavy atom. The van der Waals surface area contributed by atoms with E-state index in [1.165, 1.54) is 18.2 Å². The number of nitro groups is 1. The topological polar surface area (TPSA) is 82.0 Å². The SMILES string of the molecule is Cc1cccc(C(=O)c2ccc([N+](=O)[O-])c(OCC3CO3)c2)c1. The van der Waals surface area contributed by atoms with Crippen molar-refractivity contribution in [2.45, 2.75) is 13.0 Å². The number of nitrogens with zero attached hydrogens (tertiary/aromatic N) is 1. The molecule has 23 heavy (non-hydrogen) atoms. The van der Waals surface area contributed by atoms with E-state index in [-0.39, 0.29) is 29.9 Å². The molecule has 0 radical (unpaired) electrons. The van der Waals surface area contributed by atoms with Crippen molar-refractivity contribution >= 4 is 11.5 Å². The largest absolute Gasteiger partial charge is 0.484 e. The summed E-state index contributed by atoms with van der Waals surface area (Å²) in [7, 11) is 0. The van der Waals surface area contributed by atoms with Crippen LogP contribution < -0.4 is 4.74 Å². The van der Waals surface area contributed by atoms with E-state index in [0.717, 1.165) is 5.56 Å². The van der Waals surface area contributed by atoms with Crippen molar-refractivity contribution < 1.29 is 19.2 Å². The molecule has 0 spiro atoms. The maximum absolute atomic E-state index is 12.5. The van der Waals surface area contributed by atoms with Crippen molar-refractivity contribution in [1.82, 2.24) is 0 Å². The highest BCUT2D eigenvalue weighted by Gasteiger charge is 2.26. The van der Waals surface area contributed by atoms with Gasteiger partial charge in [-0.2, -0.15) is 0 Å². The minimum atomic E-state index is -0.524. The number of carbonyl (C=O) groups is 1. The molecular weight excluding hydrogens is 298 g/mol. The van der Waals surface area contributed by atoms with Gasteiger partial charge in [-0.15, -0.1) is 0 Å². The number of hydrogen-bond donors (Lipinski definition) is 0. The van der Waals surface area contributed by atoms with E-state index in [9.17, 15) is 14.9 Å². The van der Waals surface area contributed by atoms with Crippen LogP contribution in [0.4, 0.5) is 5.69 Å². The molecule has 0 N–H and O–H groups in total. The van der Waals surface area contributed by atoms with Crippen LogP contribution in [0.5, 0.6) is 5.75 Å². The molecule has 0 aliphatic carbocycles. The first-order valence-electron chi connectivity index (χ1n) is 7.19. The summed E-state index contributed by atoms with van der Waals surface area (Å²) in [4.78, 5) is 23.1. The molecule has 118 valence electrons. The molecule has 1 aliphatic heterocycles. The lowest BCUT2D eigenvalue weighted by molar-refractivity contribution is -0.385. The number of ketones is 1. The summed E-state index contributed by atoms with van der Waals surface area (Å²) in [5.74, 6) is -0.111. The Kier molecular flexibility index (Phi) is 4.08. The Morgan fingerprint density at radius 3 is 2.70 bits per heavy atom. The van der Waals surface area contributed by atoms with Gasteiger partial charge in [-0.3, -0.25) is 14.9 Å². The van der Waals surface area contributed by atoms with Crippen LogP contribution in [0.25, 0.3) is 0 Å². The van der Waals surface area contributed by atoms with Gasteiger partial charge in [-0.1, -0.05) is 23.8 Å². The molecule has 2 aromatic carbocycles. The fourth-order valence-corrected chi connectivity index (χ4v) is 2.22. The highest BCUT2D eigenvalue weighted by atomic mass is 16.6. The van der Waals surface area contributed by atoms with Gasteiger partial charge in [-0.25, -0.2) is 0 Å². The van der Waals surface area contributed by atoms with Crippen LogP contribution in [-0.2, 0) is 4.74 Å². The number of ether oxygens (including phenoxy) is 2. The molecule has 6 nitrogen and oxygen atoms in total. The molecule has 0 saturated carbocycles. The Labute approximate surface area is 132 Å². The van der Waals surface area contributed by atoms with Crippen molar-refractivity contribution in [2.24, 2.45) is 0 Å². The van der Waals surface area contributed by atoms with Crippen LogP contribution in [0, 0.1) is 17.0 Å². The summed E-state index contributed by atoms with van der Waals surface area (Å²) in [5, 5.41) is 11.1. The fraction of sp³-hybridized carbons (Fsp3) is 0.235. The lowest BCUT2D eigenvalue weighted by Gasteiger charge is -2.08. The lowest BCUT2D eigenvalue weighted by Crippen LogP contribution is -2.08. The van der Waals surface area contributed by atoms with Crippen LogP contribution in [-0.4, -0.2) is 30.0 Å². The van der Waals surface area contributed by atoms with Gasteiger partial charge >= 0.3 is 5.69 Å². The molecular formula is C17H15NO5. The lowest BCUT2D eigenvalue weighted by atomic mass is 10.0. The summed E-state index contributed by atoms with van der Waals surface area (Å²) in [6, 6.07) is 11.4. The minimum absolute atomic E-state index is 0.0225. The van der Waals surface area contributed by atoms with Crippen LogP contribution in [0.3, 0.4) is 0 Å². The fourth-order valence-electron chi connectivity index (χ4n) is 2.22. The van der Waals surface area contributed by atoms with Gasteiger partial charge in [0, 0.05) is 17.2 Å². The van der Waals surface area contributed by atoms with Gasteiger partial charge in [0.15, 0.2) is 11.5 Å². The molecule has 6 heteroatoms. The van der Waals surface area contributed by atoms with Crippen molar-refractivity contribution in [2.75, 3.05) is 13.2 Å². The molecule has 1 saturated heterocycles. The molecule has 3 rings (SSSR count). The molecule has 1 aliphatic rings. The molecule has 1 heterocycles. The molecule has 0 bridgehead atoms. The van der Waals surface area contributed by atoms with Crippen molar-refractivity contribution in [3.63, 3.8) is 0 Å². The summed E-state index contributed by atoms with van der Waals surface area (Å²) in [6.07, 6.45) is -0.0225. The predicted octanol–water partition coefficient (Wildman–Crippen LogP) is 2.91. The van der Waals surface area contributed by atoms with Crippen molar-refractivity contribution in [3.8, 4) is 5.75 Å². The number of epoxide rings is 1. The third kappa shape index (κ3) is 3.54. The zero-order valence-corrected chi connectivity index (χ0v) is 12.5. The highest BCUT2D eigenvalue weighted by Crippen LogP contribution is 2.30. The first-order chi connectivity index (χ1) is 11.0. The Bertz CT molecular complexity index is 767. The number of benzene rings is 2. The van der Waals surface area contributed by atoms with E-state index < -0.39 is 4.92 Å². The Hall–Kier alpha value is -2.73. The molecule has 0 amide bonds. The van der Waals surface area contributed by atoms with Crippen LogP contribution >= 0.6 is 0 Å². The average Bonchev–Trinajstić information content (AvgIpc) is 3.36. The number of rotatable bonds is 6. The second-order valence-corrected chi connectivity index (χ2v) is 5.40. The summed E-state index contributed by atoms with van der Waals surface area (Å²) >= 11 is 0. The number of aryl methyl sites for hydroxylation is 1. The third-order valence-corrected chi connectivity index (χ3v) is 3.53. The van der Waals surface area contributed by atoms with Gasteiger partial charge in [0.05, 0.1) is 11.5 Å². The first kappa shape index (κ1) is 15.2. The number of carbonyl (C=O) groups excluding carboxylic acids is 1. The van der Waals surface area contributed by atoms with Gasteiger partial charge in [0.1, 0.15) is 12.7 Å². The minimum Gasteiger partial charge on any atom is -0.484 e. The Balaban J connectivity index is 1.90. The molecule has 1 fully saturated rings. The monoisotopic (exact) mass is 313 g/mol. The van der Waals surface area contributed by atoms with Gasteiger partial charge in [-0.05, 0) is 25.1 Å². The Morgan fingerprint density at radius 1 is 1.30 bits per heavy atom. The van der Waals surface area contributed by atoms with Gasteiger partial charge in [0.2, 0.25) is 0 Å². The number of hydrogen-bond acceptors (Lipinski definition) is 5. The summed E-state index contributed by atoms with van der Waals surface area (Å²) in [6.45, 7) is 2.73. The second-order valence-electron chi connectivity index (χ2n) is 5.40. The zero-order chi connectivity index (χ0) is 16.4. The van der Waals surface area contributed by atoms with Crippen LogP contribution in [0.15, 0.2) is 42.5 Å². The summed E-state index contributed by atoms with van der Waals surface area (Å²) < 4.78 is 10.5. The van der Waals surface area contributed by atoms with E-state index in [1.54, 1.807) is 18.2 Å². The normalized spacial score (nSPS) is 16.0. The first-order valence-corrected chi connectivity index (χ1v) is 7.19. The smallest absolute Gasteiger partial charge is 0.310 e. The second kappa shape index (κ2) is 6.18. The van der Waals surface area contributed by atoms with Crippen LogP contribution in [0.2, 0.25) is 0 Å². The standard InChI is InChI=1S/C17H15NO5/c1-11-3-2-4-12(7-11)17(19)13-5-6-15(18(20)21)16(8-13)23-10-14-9-22-14/h2-8,14H,9-10H2,1H3. The molecule has 2 aromatic rings. The van der Waals surface area contributed by atoms with Gasteiger partial charge < -0.3 is 9.47 Å². The molecule has 0 aromatic heterocycles. The molecule has 1 unspecified atom stereocenters. The highest BCUT2D eigenvalue weighted by molar-refractivity contribution is 6.09.